The normalized spacial score (nSPS) is 19.3. The zero-order valence-corrected chi connectivity index (χ0v) is 11.6. The molecule has 0 spiro atoms. The first-order valence-corrected chi connectivity index (χ1v) is 6.59. The monoisotopic (exact) mass is 257 g/mol. The average Bonchev–Trinajstić information content (AvgIpc) is 2.68. The number of carbonyl (C=O) groups is 1. The van der Waals surface area contributed by atoms with Crippen molar-refractivity contribution >= 4 is 23.5 Å². The van der Waals surface area contributed by atoms with Gasteiger partial charge in [-0.2, -0.15) is 10.1 Å². The van der Waals surface area contributed by atoms with Gasteiger partial charge in [-0.3, -0.25) is 9.79 Å². The van der Waals surface area contributed by atoms with Crippen LogP contribution in [0.4, 0.5) is 5.69 Å². The summed E-state index contributed by atoms with van der Waals surface area (Å²) in [5.41, 5.74) is 2.77. The fourth-order valence-electron chi connectivity index (χ4n) is 1.93. The predicted molar refractivity (Wildman–Crippen MR) is 78.9 cm³/mol. The largest absolute Gasteiger partial charge is 0.296 e. The van der Waals surface area contributed by atoms with Crippen LogP contribution in [-0.4, -0.2) is 24.4 Å². The predicted octanol–water partition coefficient (Wildman–Crippen LogP) is 2.81. The van der Waals surface area contributed by atoms with Gasteiger partial charge in [0.05, 0.1) is 11.4 Å². The Kier molecular flexibility index (Phi) is 4.10. The molecule has 1 heterocycles. The lowest BCUT2D eigenvalue weighted by Crippen LogP contribution is -2.28. The molecule has 0 bridgehead atoms. The molecule has 0 aliphatic carbocycles. The van der Waals surface area contributed by atoms with Crippen LogP contribution in [-0.2, 0) is 4.79 Å². The second-order valence-electron chi connectivity index (χ2n) is 4.76. The van der Waals surface area contributed by atoms with Crippen LogP contribution in [0.5, 0.6) is 0 Å². The minimum Gasteiger partial charge on any atom is -0.296 e. The van der Waals surface area contributed by atoms with Crippen LogP contribution in [0.3, 0.4) is 0 Å². The van der Waals surface area contributed by atoms with E-state index in [2.05, 4.69) is 17.0 Å². The summed E-state index contributed by atoms with van der Waals surface area (Å²) in [5.74, 6) is -0.339. The first-order chi connectivity index (χ1) is 9.13. The molecule has 100 valence electrons. The van der Waals surface area contributed by atoms with Gasteiger partial charge in [0.15, 0.2) is 0 Å². The zero-order chi connectivity index (χ0) is 13.8. The van der Waals surface area contributed by atoms with E-state index < -0.39 is 0 Å². The van der Waals surface area contributed by atoms with Gasteiger partial charge in [-0.05, 0) is 32.4 Å². The van der Waals surface area contributed by atoms with E-state index in [9.17, 15) is 4.79 Å². The van der Waals surface area contributed by atoms with Crippen LogP contribution in [0.2, 0.25) is 0 Å². The number of rotatable bonds is 4. The first kappa shape index (κ1) is 13.5. The van der Waals surface area contributed by atoms with Gasteiger partial charge >= 0.3 is 0 Å². The summed E-state index contributed by atoms with van der Waals surface area (Å²) in [4.78, 5) is 16.6. The van der Waals surface area contributed by atoms with Crippen molar-refractivity contribution in [2.24, 2.45) is 16.0 Å². The van der Waals surface area contributed by atoms with Gasteiger partial charge in [0.25, 0.3) is 5.91 Å². The van der Waals surface area contributed by atoms with Gasteiger partial charge < -0.3 is 0 Å². The fourth-order valence-corrected chi connectivity index (χ4v) is 1.93. The third-order valence-corrected chi connectivity index (χ3v) is 3.07. The number of nitrogens with zero attached hydrogens (tertiary/aromatic N) is 3. The Morgan fingerprint density at radius 2 is 2.00 bits per heavy atom. The maximum atomic E-state index is 12.3. The number of amides is 1. The molecule has 2 rings (SSSR count). The van der Waals surface area contributed by atoms with Crippen molar-refractivity contribution in [2.75, 3.05) is 11.6 Å². The summed E-state index contributed by atoms with van der Waals surface area (Å²) in [6.07, 6.45) is 2.70. The molecule has 0 radical (unpaired) electrons. The van der Waals surface area contributed by atoms with Crippen molar-refractivity contribution in [3.8, 4) is 0 Å². The quantitative estimate of drug-likeness (QED) is 0.765. The van der Waals surface area contributed by atoms with Crippen molar-refractivity contribution in [2.45, 2.75) is 27.2 Å². The van der Waals surface area contributed by atoms with Gasteiger partial charge in [-0.15, -0.1) is 0 Å². The Bertz CT molecular complexity index is 517. The van der Waals surface area contributed by atoms with Crippen LogP contribution in [0.15, 0.2) is 34.4 Å². The zero-order valence-electron chi connectivity index (χ0n) is 11.6. The molecule has 0 N–H and O–H groups in total. The maximum Gasteiger partial charge on any atom is 0.261 e. The van der Waals surface area contributed by atoms with E-state index in [1.807, 2.05) is 38.1 Å². The molecule has 4 nitrogen and oxygen atoms in total. The summed E-state index contributed by atoms with van der Waals surface area (Å²) in [6.45, 7) is 6.70. The minimum absolute atomic E-state index is 0.0267. The van der Waals surface area contributed by atoms with E-state index in [-0.39, 0.29) is 11.8 Å². The first-order valence-electron chi connectivity index (χ1n) is 6.59. The van der Waals surface area contributed by atoms with E-state index in [0.717, 1.165) is 29.9 Å². The molecule has 1 aliphatic rings. The summed E-state index contributed by atoms with van der Waals surface area (Å²) in [5, 5.41) is 5.81. The highest BCUT2D eigenvalue weighted by Gasteiger charge is 2.32. The summed E-state index contributed by atoms with van der Waals surface area (Å²) < 4.78 is 0. The van der Waals surface area contributed by atoms with E-state index in [0.29, 0.717) is 0 Å². The number of carbonyl (C=O) groups excluding carboxylic acids is 1. The molecule has 1 aliphatic heterocycles. The van der Waals surface area contributed by atoms with Gasteiger partial charge in [0.2, 0.25) is 0 Å². The van der Waals surface area contributed by atoms with Crippen molar-refractivity contribution in [1.82, 2.24) is 0 Å². The second kappa shape index (κ2) is 5.78. The third-order valence-electron chi connectivity index (χ3n) is 3.07. The molecule has 1 aromatic carbocycles. The van der Waals surface area contributed by atoms with Crippen molar-refractivity contribution in [1.29, 1.82) is 0 Å². The summed E-state index contributed by atoms with van der Waals surface area (Å²) in [6, 6.07) is 7.78. The van der Waals surface area contributed by atoms with Gasteiger partial charge in [-0.1, -0.05) is 24.6 Å². The topological polar surface area (TPSA) is 45.0 Å². The highest BCUT2D eigenvalue weighted by molar-refractivity contribution is 6.23. The van der Waals surface area contributed by atoms with Crippen LogP contribution in [0.25, 0.3) is 0 Å². The van der Waals surface area contributed by atoms with E-state index in [1.165, 1.54) is 5.01 Å². The number of aryl methyl sites for hydroxylation is 1. The molecule has 0 aromatic heterocycles. The van der Waals surface area contributed by atoms with Crippen molar-refractivity contribution < 1.29 is 4.79 Å². The lowest BCUT2D eigenvalue weighted by atomic mass is 10.1. The number of aliphatic imine (C=N–C) groups is 1. The molecular weight excluding hydrogens is 238 g/mol. The standard InChI is InChI=1S/C15H19N3O/c1-4-9-16-10-14-12(3)17-18(15(14)19)13-7-5-11(2)6-8-13/h5-8,10,14H,4,9H2,1-3H3. The van der Waals surface area contributed by atoms with E-state index >= 15 is 0 Å². The highest BCUT2D eigenvalue weighted by atomic mass is 16.2. The van der Waals surface area contributed by atoms with Gasteiger partial charge in [0.1, 0.15) is 5.92 Å². The van der Waals surface area contributed by atoms with Crippen LogP contribution < -0.4 is 5.01 Å². The smallest absolute Gasteiger partial charge is 0.261 e. The molecular formula is C15H19N3O. The second-order valence-corrected chi connectivity index (χ2v) is 4.76. The lowest BCUT2D eigenvalue weighted by Gasteiger charge is -2.12. The Balaban J connectivity index is 2.18. The van der Waals surface area contributed by atoms with Crippen LogP contribution in [0, 0.1) is 12.8 Å². The highest BCUT2D eigenvalue weighted by Crippen LogP contribution is 2.23. The average molecular weight is 257 g/mol. The molecule has 0 fully saturated rings. The molecule has 4 heteroatoms. The number of anilines is 1. The van der Waals surface area contributed by atoms with Crippen LogP contribution >= 0.6 is 0 Å². The summed E-state index contributed by atoms with van der Waals surface area (Å²) in [7, 11) is 0. The lowest BCUT2D eigenvalue weighted by molar-refractivity contribution is -0.118. The molecule has 1 atom stereocenters. The van der Waals surface area contributed by atoms with Gasteiger partial charge in [0, 0.05) is 12.8 Å². The number of hydrazone groups is 1. The molecule has 1 unspecified atom stereocenters. The number of hydrogen-bond acceptors (Lipinski definition) is 3. The van der Waals surface area contributed by atoms with Gasteiger partial charge in [-0.25, -0.2) is 0 Å². The third kappa shape index (κ3) is 2.89. The molecule has 19 heavy (non-hydrogen) atoms. The molecule has 0 saturated carbocycles. The molecule has 0 saturated heterocycles. The van der Waals surface area contributed by atoms with Crippen molar-refractivity contribution in [3.63, 3.8) is 0 Å². The Morgan fingerprint density at radius 1 is 1.32 bits per heavy atom. The molecule has 1 aromatic rings. The van der Waals surface area contributed by atoms with E-state index in [4.69, 9.17) is 0 Å². The maximum absolute atomic E-state index is 12.3. The van der Waals surface area contributed by atoms with E-state index in [1.54, 1.807) is 6.21 Å². The number of benzene rings is 1. The SMILES string of the molecule is CCCN=CC1C(=O)N(c2ccc(C)cc2)N=C1C. The summed E-state index contributed by atoms with van der Waals surface area (Å²) >= 11 is 0. The van der Waals surface area contributed by atoms with Crippen molar-refractivity contribution in [3.05, 3.63) is 29.8 Å². The molecule has 1 amide bonds. The van der Waals surface area contributed by atoms with Crippen LogP contribution in [0.1, 0.15) is 25.8 Å². The Labute approximate surface area is 113 Å². The fraction of sp³-hybridized carbons (Fsp3) is 0.400. The minimum atomic E-state index is -0.312. The number of hydrogen-bond donors (Lipinski definition) is 0. The Hall–Kier alpha value is -1.97. The Morgan fingerprint density at radius 3 is 2.63 bits per heavy atom.